The minimum Gasteiger partial charge on any atom is -0.336 e. The molecule has 0 aliphatic carbocycles. The van der Waals surface area contributed by atoms with Crippen LogP contribution in [0.1, 0.15) is 22.5 Å². The van der Waals surface area contributed by atoms with Gasteiger partial charge in [0.05, 0.1) is 0 Å². The number of nitrogens with zero attached hydrogens (tertiary/aromatic N) is 3. The third kappa shape index (κ3) is 2.46. The second kappa shape index (κ2) is 5.01. The minimum absolute atomic E-state index is 0.0325. The predicted molar refractivity (Wildman–Crippen MR) is 73.3 cm³/mol. The maximum atomic E-state index is 12.4. The number of hydrogen-bond donors (Lipinski definition) is 1. The molecule has 0 unspecified atom stereocenters. The molecule has 1 fully saturated rings. The molecule has 0 bridgehead atoms. The largest absolute Gasteiger partial charge is 0.336 e. The second-order valence-corrected chi connectivity index (χ2v) is 4.99. The van der Waals surface area contributed by atoms with Crippen LogP contribution in [0.25, 0.3) is 5.65 Å². The molecule has 100 valence electrons. The number of imidazole rings is 1. The first-order valence-corrected chi connectivity index (χ1v) is 6.69. The molecule has 3 rings (SSSR count). The zero-order valence-corrected chi connectivity index (χ0v) is 11.1. The fraction of sp³-hybridized carbons (Fsp3) is 0.429. The molecule has 0 radical (unpaired) electrons. The fourth-order valence-electron chi connectivity index (χ4n) is 2.40. The van der Waals surface area contributed by atoms with Gasteiger partial charge in [0.25, 0.3) is 5.91 Å². The van der Waals surface area contributed by atoms with Crippen molar-refractivity contribution in [2.45, 2.75) is 13.3 Å². The molecular weight excluding hydrogens is 240 g/mol. The number of rotatable bonds is 1. The second-order valence-electron chi connectivity index (χ2n) is 4.99. The summed E-state index contributed by atoms with van der Waals surface area (Å²) in [4.78, 5) is 18.7. The van der Waals surface area contributed by atoms with Gasteiger partial charge in [0.1, 0.15) is 11.3 Å². The van der Waals surface area contributed by atoms with Crippen LogP contribution < -0.4 is 5.32 Å². The van der Waals surface area contributed by atoms with Crippen LogP contribution in [0.2, 0.25) is 0 Å². The van der Waals surface area contributed by atoms with E-state index in [1.807, 2.05) is 40.8 Å². The standard InChI is InChI=1S/C14H18N4O/c1-11-3-7-18-10-12(16-13(18)9-11)14(19)17-6-2-4-15-5-8-17/h3,7,9-10,15H,2,4-6,8H2,1H3. The molecular formula is C14H18N4O. The van der Waals surface area contributed by atoms with Crippen molar-refractivity contribution < 1.29 is 4.79 Å². The van der Waals surface area contributed by atoms with Gasteiger partial charge < -0.3 is 14.6 Å². The van der Waals surface area contributed by atoms with Gasteiger partial charge in [0.15, 0.2) is 0 Å². The first kappa shape index (κ1) is 12.2. The van der Waals surface area contributed by atoms with E-state index >= 15 is 0 Å². The summed E-state index contributed by atoms with van der Waals surface area (Å²) in [6.07, 6.45) is 4.76. The van der Waals surface area contributed by atoms with Gasteiger partial charge in [0.2, 0.25) is 0 Å². The van der Waals surface area contributed by atoms with Crippen molar-refractivity contribution in [1.29, 1.82) is 0 Å². The van der Waals surface area contributed by atoms with Crippen LogP contribution in [0.4, 0.5) is 0 Å². The molecule has 2 aromatic heterocycles. The number of fused-ring (bicyclic) bond motifs is 1. The summed E-state index contributed by atoms with van der Waals surface area (Å²) in [7, 11) is 0. The van der Waals surface area contributed by atoms with Crippen molar-refractivity contribution in [2.24, 2.45) is 0 Å². The number of pyridine rings is 1. The van der Waals surface area contributed by atoms with E-state index in [2.05, 4.69) is 10.3 Å². The minimum atomic E-state index is 0.0325. The van der Waals surface area contributed by atoms with Gasteiger partial charge in [-0.2, -0.15) is 0 Å². The highest BCUT2D eigenvalue weighted by molar-refractivity contribution is 5.93. The van der Waals surface area contributed by atoms with Gasteiger partial charge in [-0.3, -0.25) is 4.79 Å². The van der Waals surface area contributed by atoms with Crippen molar-refractivity contribution in [2.75, 3.05) is 26.2 Å². The Kier molecular flexibility index (Phi) is 3.21. The number of amides is 1. The highest BCUT2D eigenvalue weighted by Crippen LogP contribution is 2.10. The van der Waals surface area contributed by atoms with Gasteiger partial charge in [-0.15, -0.1) is 0 Å². The Bertz CT molecular complexity index is 597. The molecule has 0 atom stereocenters. The molecule has 1 aliphatic heterocycles. The van der Waals surface area contributed by atoms with E-state index in [9.17, 15) is 4.79 Å². The smallest absolute Gasteiger partial charge is 0.274 e. The first-order valence-electron chi connectivity index (χ1n) is 6.69. The van der Waals surface area contributed by atoms with Crippen LogP contribution in [-0.4, -0.2) is 46.4 Å². The summed E-state index contributed by atoms with van der Waals surface area (Å²) in [6, 6.07) is 4.00. The number of nitrogens with one attached hydrogen (secondary N) is 1. The average Bonchev–Trinajstić information content (AvgIpc) is 2.64. The van der Waals surface area contributed by atoms with Crippen LogP contribution in [0.3, 0.4) is 0 Å². The number of aryl methyl sites for hydroxylation is 1. The number of aromatic nitrogens is 2. The summed E-state index contributed by atoms with van der Waals surface area (Å²) in [5, 5.41) is 3.30. The monoisotopic (exact) mass is 258 g/mol. The summed E-state index contributed by atoms with van der Waals surface area (Å²) in [6.45, 7) is 5.42. The van der Waals surface area contributed by atoms with Gasteiger partial charge in [-0.05, 0) is 37.6 Å². The van der Waals surface area contributed by atoms with E-state index in [0.29, 0.717) is 5.69 Å². The summed E-state index contributed by atoms with van der Waals surface area (Å²) < 4.78 is 1.90. The quantitative estimate of drug-likeness (QED) is 0.832. The maximum absolute atomic E-state index is 12.4. The third-order valence-electron chi connectivity index (χ3n) is 3.46. The van der Waals surface area contributed by atoms with Crippen LogP contribution in [0, 0.1) is 6.92 Å². The predicted octanol–water partition coefficient (Wildman–Crippen LogP) is 1.08. The van der Waals surface area contributed by atoms with Crippen molar-refractivity contribution >= 4 is 11.6 Å². The molecule has 1 aliphatic rings. The zero-order valence-electron chi connectivity index (χ0n) is 11.1. The highest BCUT2D eigenvalue weighted by Gasteiger charge is 2.19. The van der Waals surface area contributed by atoms with Crippen LogP contribution in [0.15, 0.2) is 24.5 Å². The van der Waals surface area contributed by atoms with Gasteiger partial charge >= 0.3 is 0 Å². The number of carbonyl (C=O) groups is 1. The number of hydrogen-bond acceptors (Lipinski definition) is 3. The van der Waals surface area contributed by atoms with Crippen molar-refractivity contribution in [3.63, 3.8) is 0 Å². The molecule has 3 heterocycles. The molecule has 2 aromatic rings. The van der Waals surface area contributed by atoms with Crippen molar-refractivity contribution in [1.82, 2.24) is 19.6 Å². The van der Waals surface area contributed by atoms with Gasteiger partial charge in [0, 0.05) is 32.0 Å². The van der Waals surface area contributed by atoms with Crippen molar-refractivity contribution in [3.8, 4) is 0 Å². The first-order chi connectivity index (χ1) is 9.24. The fourth-order valence-corrected chi connectivity index (χ4v) is 2.40. The van der Waals surface area contributed by atoms with E-state index in [1.165, 1.54) is 0 Å². The Balaban J connectivity index is 1.88. The summed E-state index contributed by atoms with van der Waals surface area (Å²) in [5.74, 6) is 0.0325. The molecule has 1 N–H and O–H groups in total. The van der Waals surface area contributed by atoms with E-state index in [4.69, 9.17) is 0 Å². The van der Waals surface area contributed by atoms with Crippen molar-refractivity contribution in [3.05, 3.63) is 35.8 Å². The molecule has 0 spiro atoms. The lowest BCUT2D eigenvalue weighted by molar-refractivity contribution is 0.0761. The third-order valence-corrected chi connectivity index (χ3v) is 3.46. The van der Waals surface area contributed by atoms with E-state index < -0.39 is 0 Å². The SMILES string of the molecule is Cc1ccn2cc(C(=O)N3CCCNCC3)nc2c1. The summed E-state index contributed by atoms with van der Waals surface area (Å²) >= 11 is 0. The molecule has 5 heteroatoms. The highest BCUT2D eigenvalue weighted by atomic mass is 16.2. The molecule has 0 saturated carbocycles. The topological polar surface area (TPSA) is 49.6 Å². The lowest BCUT2D eigenvalue weighted by atomic mass is 10.3. The number of carbonyl (C=O) groups excluding carboxylic acids is 1. The Hall–Kier alpha value is -1.88. The zero-order chi connectivity index (χ0) is 13.2. The Morgan fingerprint density at radius 2 is 2.26 bits per heavy atom. The van der Waals surface area contributed by atoms with Crippen LogP contribution in [-0.2, 0) is 0 Å². The summed E-state index contributed by atoms with van der Waals surface area (Å²) in [5.41, 5.74) is 2.51. The molecule has 5 nitrogen and oxygen atoms in total. The molecule has 19 heavy (non-hydrogen) atoms. The lowest BCUT2D eigenvalue weighted by Crippen LogP contribution is -2.34. The van der Waals surface area contributed by atoms with Gasteiger partial charge in [-0.1, -0.05) is 0 Å². The maximum Gasteiger partial charge on any atom is 0.274 e. The van der Waals surface area contributed by atoms with E-state index in [-0.39, 0.29) is 5.91 Å². The normalized spacial score (nSPS) is 16.6. The molecule has 1 saturated heterocycles. The molecule has 0 aromatic carbocycles. The molecule has 1 amide bonds. The van der Waals surface area contributed by atoms with E-state index in [1.54, 1.807) is 0 Å². The Morgan fingerprint density at radius 1 is 1.37 bits per heavy atom. The van der Waals surface area contributed by atoms with E-state index in [0.717, 1.165) is 43.8 Å². The Labute approximate surface area is 112 Å². The van der Waals surface area contributed by atoms with Crippen LogP contribution >= 0.6 is 0 Å². The Morgan fingerprint density at radius 3 is 3.16 bits per heavy atom. The lowest BCUT2D eigenvalue weighted by Gasteiger charge is -2.18. The van der Waals surface area contributed by atoms with Crippen LogP contribution in [0.5, 0.6) is 0 Å². The average molecular weight is 258 g/mol. The van der Waals surface area contributed by atoms with Gasteiger partial charge in [-0.25, -0.2) is 4.98 Å².